The number of nitrogens with one attached hydrogen (secondary N) is 4. The van der Waals surface area contributed by atoms with Crippen molar-refractivity contribution in [1.29, 1.82) is 0 Å². The van der Waals surface area contributed by atoms with E-state index in [9.17, 15) is 77.1 Å². The number of phenolic OH excluding ortho intramolecular Hbond substituents is 1. The number of phenols is 1. The fraction of sp³-hybridized carbons (Fsp3) is 0.515. The first kappa shape index (κ1) is 77.0. The number of halogens is 1. The lowest BCUT2D eigenvalue weighted by atomic mass is 9.76. The number of carboxylic acid groups (broad SMARTS) is 1. The van der Waals surface area contributed by atoms with Crippen LogP contribution in [0.15, 0.2) is 66.7 Å². The molecule has 0 spiro atoms. The van der Waals surface area contributed by atoms with Crippen molar-refractivity contribution < 1.29 is 129 Å². The van der Waals surface area contributed by atoms with Gasteiger partial charge in [-0.05, 0) is 86.1 Å². The summed E-state index contributed by atoms with van der Waals surface area (Å²) < 4.78 is 93.6. The van der Waals surface area contributed by atoms with Crippen molar-refractivity contribution in [1.82, 2.24) is 25.8 Å². The molecule has 4 aromatic carbocycles. The Morgan fingerprint density at radius 1 is 0.864 bits per heavy atom. The highest BCUT2D eigenvalue weighted by Crippen LogP contribution is 2.68. The fourth-order valence-corrected chi connectivity index (χ4v) is 14.7. The Hall–Kier alpha value is -8.62. The van der Waals surface area contributed by atoms with E-state index in [0.29, 0.717) is 57.5 Å². The van der Waals surface area contributed by atoms with Crippen molar-refractivity contribution in [3.63, 3.8) is 0 Å². The molecule has 9 N–H and O–H groups in total. The summed E-state index contributed by atoms with van der Waals surface area (Å²) in [6, 6.07) is 11.5. The molecular weight excluding hydrogens is 1440 g/mol. The van der Waals surface area contributed by atoms with Crippen LogP contribution in [-0.2, 0) is 96.1 Å². The van der Waals surface area contributed by atoms with E-state index in [1.807, 2.05) is 13.8 Å². The Kier molecular flexibility index (Phi) is 23.8. The average molecular weight is 1530 g/mol. The molecule has 3 saturated heterocycles. The lowest BCUT2D eigenvalue weighted by molar-refractivity contribution is -0.360. The van der Waals surface area contributed by atoms with Gasteiger partial charge in [0.15, 0.2) is 18.0 Å². The number of hydrogen-bond acceptors (Lipinski definition) is 26. The summed E-state index contributed by atoms with van der Waals surface area (Å²) in [5.74, 6) is -9.63. The molecule has 12 atom stereocenters. The van der Waals surface area contributed by atoms with Crippen LogP contribution in [0.2, 0.25) is 0 Å². The molecule has 3 unspecified atom stereocenters. The van der Waals surface area contributed by atoms with Crippen molar-refractivity contribution in [3.8, 4) is 23.0 Å². The second-order valence-corrected chi connectivity index (χ2v) is 28.8. The first-order chi connectivity index (χ1) is 48.9. The van der Waals surface area contributed by atoms with Crippen molar-refractivity contribution in [2.24, 2.45) is 5.92 Å². The number of alkyl carbamates (subject to hydrolysis) is 1. The van der Waals surface area contributed by atoms with Gasteiger partial charge < -0.3 is 98.9 Å². The molecule has 6 aliphatic rings. The lowest BCUT2D eigenvalue weighted by Gasteiger charge is -2.55. The number of anilines is 1. The van der Waals surface area contributed by atoms with Gasteiger partial charge in [0.05, 0.1) is 50.1 Å². The number of ketones is 1. The summed E-state index contributed by atoms with van der Waals surface area (Å²) in [4.78, 5) is 119. The molecule has 10 rings (SSSR count). The van der Waals surface area contributed by atoms with Crippen LogP contribution < -0.4 is 35.5 Å². The summed E-state index contributed by atoms with van der Waals surface area (Å²) in [6.45, 7) is 4.19. The number of ether oxygens (including phenoxy) is 11. The molecule has 7 amide bonds. The third kappa shape index (κ3) is 15.9. The van der Waals surface area contributed by atoms with Crippen LogP contribution >= 0.6 is 15.9 Å². The molecule has 3 fully saturated rings. The summed E-state index contributed by atoms with van der Waals surface area (Å²) in [7, 11) is -1.08. The second kappa shape index (κ2) is 31.8. The highest BCUT2D eigenvalue weighted by atomic mass is 79.9. The van der Waals surface area contributed by atoms with Crippen molar-refractivity contribution in [3.05, 3.63) is 100 Å². The number of aryl methyl sites for hydroxylation is 1. The van der Waals surface area contributed by atoms with Crippen LogP contribution in [0, 0.1) is 12.8 Å². The number of rotatable bonds is 31. The molecule has 0 saturated carbocycles. The van der Waals surface area contributed by atoms with E-state index in [4.69, 9.17) is 52.1 Å². The number of benzene rings is 4. The monoisotopic (exact) mass is 1520 g/mol. The zero-order valence-corrected chi connectivity index (χ0v) is 59.5. The number of methoxy groups -OCH3 is 2. The molecular formula is C68H81BrN6O27S. The minimum Gasteiger partial charge on any atom is -0.506 e. The number of alkyl halides is 1. The smallest absolute Gasteiger partial charge is 0.411 e. The predicted molar refractivity (Wildman–Crippen MR) is 360 cm³/mol. The minimum absolute atomic E-state index is 0.00561. The summed E-state index contributed by atoms with van der Waals surface area (Å²) >= 11 is 3.60. The maximum Gasteiger partial charge on any atom is 0.411 e. The summed E-state index contributed by atoms with van der Waals surface area (Å²) in [5, 5.41) is 63.5. The number of sulfone groups is 1. The molecule has 4 aromatic rings. The van der Waals surface area contributed by atoms with Crippen molar-refractivity contribution in [2.45, 2.75) is 145 Å². The van der Waals surface area contributed by atoms with Crippen LogP contribution in [0.4, 0.5) is 15.3 Å². The fourth-order valence-electron chi connectivity index (χ4n) is 13.2. The standard InChI is InChI=1S/C68H81BrN6O27S/c1-34(2)27-43(73-45(77)21-24-94-25-22-75-46(78)19-20-47(75)79)61(85)71-36(4)60(84)72-39-15-11-37(12-16-39)29-95-64(88)70-32-67-66(31-69,68(93-6)59(102-67)57(100-67)48-35(3)28-42-50(56(48)101-68)51(80)49-41(55(42)92-5)9-8-10-44(49)76)97-33-74(23-26-103(7,90)91)65(89)96-30-38-13-17-40(18-14-38)98-63-54(83)52(81)53(82)58(99-63)62(86)87/h11-20,28,34,36,43,52-54,57-59,63,80-83H,8-10,21-27,29-33H2,1-7H3,(H,70,88)(H,71,85)(H,72,84)(H,73,77)(H,86,87)/t36-,43-,52-,53-,54+,57?,58-,59?,63+,66+,67?,68+/m0/s1. The Labute approximate surface area is 598 Å². The quantitative estimate of drug-likeness (QED) is 0.0151. The first-order valence-electron chi connectivity index (χ1n) is 32.9. The van der Waals surface area contributed by atoms with E-state index in [2.05, 4.69) is 37.2 Å². The minimum atomic E-state index is -3.81. The second-order valence-electron chi connectivity index (χ2n) is 26.0. The third-order valence-electron chi connectivity index (χ3n) is 18.4. The van der Waals surface area contributed by atoms with Crippen LogP contribution in [0.5, 0.6) is 23.0 Å². The largest absolute Gasteiger partial charge is 0.506 e. The number of imide groups is 1. The number of hydrogen-bond donors (Lipinski definition) is 9. The summed E-state index contributed by atoms with van der Waals surface area (Å²) in [6.07, 6.45) is -9.49. The molecule has 35 heteroatoms. The van der Waals surface area contributed by atoms with E-state index in [-0.39, 0.29) is 85.1 Å². The van der Waals surface area contributed by atoms with Gasteiger partial charge in [0.2, 0.25) is 35.4 Å². The molecule has 0 aromatic heterocycles. The topological polar surface area (TPSA) is 445 Å². The lowest BCUT2D eigenvalue weighted by Crippen LogP contribution is -2.76. The van der Waals surface area contributed by atoms with Gasteiger partial charge in [-0.25, -0.2) is 22.8 Å². The van der Waals surface area contributed by atoms with E-state index in [0.717, 1.165) is 28.2 Å². The molecule has 0 radical (unpaired) electrons. The molecule has 5 aliphatic heterocycles. The van der Waals surface area contributed by atoms with Gasteiger partial charge in [0, 0.05) is 72.4 Å². The molecule has 103 heavy (non-hydrogen) atoms. The number of carbonyl (C=O) groups is 9. The number of aliphatic hydroxyl groups excluding tert-OH is 3. The van der Waals surface area contributed by atoms with Gasteiger partial charge in [0.1, 0.15) is 89.3 Å². The zero-order valence-electron chi connectivity index (χ0n) is 57.1. The third-order valence-corrected chi connectivity index (χ3v) is 20.1. The van der Waals surface area contributed by atoms with Gasteiger partial charge in [-0.2, -0.15) is 0 Å². The molecule has 33 nitrogen and oxygen atoms in total. The Morgan fingerprint density at radius 2 is 1.54 bits per heavy atom. The maximum atomic E-state index is 14.3. The number of Topliss-reactive ketones (excluding diaryl/α,β-unsaturated/α-hetero) is 1. The maximum absolute atomic E-state index is 14.3. The molecule has 1 aliphatic carbocycles. The number of aromatic hydroxyl groups is 1. The number of aliphatic carboxylic acids is 1. The van der Waals surface area contributed by atoms with E-state index in [1.165, 1.54) is 57.5 Å². The van der Waals surface area contributed by atoms with Crippen LogP contribution in [0.3, 0.4) is 0 Å². The Bertz CT molecular complexity index is 4070. The summed E-state index contributed by atoms with van der Waals surface area (Å²) in [5.41, 5.74) is 0.400. The number of nitrogens with zero attached hydrogens (tertiary/aromatic N) is 2. The normalized spacial score (nSPS) is 25.1. The highest BCUT2D eigenvalue weighted by Gasteiger charge is 2.86. The van der Waals surface area contributed by atoms with Crippen molar-refractivity contribution >= 4 is 95.7 Å². The molecule has 558 valence electrons. The average Bonchev–Trinajstić information content (AvgIpc) is 1.50. The number of carboxylic acids is 1. The van der Waals surface area contributed by atoms with E-state index in [1.54, 1.807) is 25.1 Å². The SMILES string of the molecule is COc1c2c(c(O)c3c4c(c(C)cc13)C1OC3(CNC(=O)OCc5ccc(NC(=O)[C@H](C)NC(=O)[C@H](CC(C)C)NC(=O)CCOCCN6C(=O)C=CC6=O)cc5)OC1[C@@](OC)(O4)[C@]3(CBr)OCN(CCS(C)(=O)=O)C(=O)OCc1ccc(O[C@@H]3O[C@H](C(=O)O)[C@@H](O)[C@H](O)[C@H]3O)cc1)C(=O)CCC2. The van der Waals surface area contributed by atoms with E-state index < -0.39 is 168 Å². The van der Waals surface area contributed by atoms with E-state index >= 15 is 0 Å². The van der Waals surface area contributed by atoms with Crippen LogP contribution in [-0.4, -0.2) is 234 Å². The highest BCUT2D eigenvalue weighted by molar-refractivity contribution is 9.09. The number of amides is 7. The number of aliphatic hydroxyl groups is 3. The van der Waals surface area contributed by atoms with Crippen molar-refractivity contribution in [2.75, 3.05) is 76.5 Å². The Balaban J connectivity index is 0.836. The van der Waals surface area contributed by atoms with Gasteiger partial charge in [0.25, 0.3) is 17.6 Å². The molecule has 2 bridgehead atoms. The Morgan fingerprint density at radius 3 is 2.18 bits per heavy atom. The predicted octanol–water partition coefficient (Wildman–Crippen LogP) is 2.58. The van der Waals surface area contributed by atoms with Gasteiger partial charge in [-0.3, -0.25) is 38.6 Å². The number of carbonyl (C=O) groups excluding carboxylic acids is 8. The van der Waals surface area contributed by atoms with Gasteiger partial charge in [-0.15, -0.1) is 0 Å². The van der Waals surface area contributed by atoms with Crippen LogP contribution in [0.1, 0.15) is 90.7 Å². The molecule has 5 heterocycles. The van der Waals surface area contributed by atoms with Crippen LogP contribution in [0.25, 0.3) is 10.8 Å². The van der Waals surface area contributed by atoms with Gasteiger partial charge >= 0.3 is 18.2 Å². The van der Waals surface area contributed by atoms with Gasteiger partial charge in [-0.1, -0.05) is 54.0 Å². The zero-order chi connectivity index (χ0) is 74.6. The first-order valence-corrected chi connectivity index (χ1v) is 36.1. The number of fused-ring (bicyclic) bond motifs is 6.